The molecule has 1 aromatic rings. The second-order valence-electron chi connectivity index (χ2n) is 9.37. The van der Waals surface area contributed by atoms with Crippen molar-refractivity contribution < 1.29 is 18.1 Å². The topological polar surface area (TPSA) is 70.9 Å². The van der Waals surface area contributed by atoms with Crippen LogP contribution in [0.1, 0.15) is 63.4 Å². The van der Waals surface area contributed by atoms with E-state index in [0.717, 1.165) is 37.3 Å². The molecule has 3 aliphatic rings. The second kappa shape index (κ2) is 9.37. The minimum absolute atomic E-state index is 0.00755. The minimum Gasteiger partial charge on any atom is -0.324 e. The Bertz CT molecular complexity index is 862. The molecule has 0 bridgehead atoms. The van der Waals surface area contributed by atoms with Crippen molar-refractivity contribution in [3.05, 3.63) is 23.8 Å². The molecule has 3 atom stereocenters. The second-order valence-corrected chi connectivity index (χ2v) is 11.3. The van der Waals surface area contributed by atoms with Crippen LogP contribution in [0.25, 0.3) is 0 Å². The summed E-state index contributed by atoms with van der Waals surface area (Å²) in [6, 6.07) is 5.73. The standard InChI is InChI=1S/C23H35N3O3S/c1-18-11-12-20(30(28,29)26-14-5-2-6-15-26)16-21(18)24-23(27)17-25-13-7-9-19-8-3-4-10-22(19)25/h11-12,16,19,22H,2-10,13-15,17H2,1H3,(H,24,27)/p+1/t19-,22+/m1/s1. The maximum absolute atomic E-state index is 13.0. The highest BCUT2D eigenvalue weighted by Gasteiger charge is 2.37. The Labute approximate surface area is 181 Å². The number of hydrogen-bond acceptors (Lipinski definition) is 3. The van der Waals surface area contributed by atoms with Crippen LogP contribution in [-0.2, 0) is 14.8 Å². The average Bonchev–Trinajstić information content (AvgIpc) is 2.76. The predicted molar refractivity (Wildman–Crippen MR) is 118 cm³/mol. The first kappa shape index (κ1) is 21.8. The van der Waals surface area contributed by atoms with Crippen LogP contribution >= 0.6 is 0 Å². The number of aryl methyl sites for hydroxylation is 1. The quantitative estimate of drug-likeness (QED) is 0.747. The summed E-state index contributed by atoms with van der Waals surface area (Å²) < 4.78 is 27.6. The zero-order chi connectivity index (χ0) is 21.1. The van der Waals surface area contributed by atoms with Gasteiger partial charge in [0.25, 0.3) is 5.91 Å². The zero-order valence-electron chi connectivity index (χ0n) is 18.2. The van der Waals surface area contributed by atoms with E-state index in [2.05, 4.69) is 5.32 Å². The minimum atomic E-state index is -3.50. The summed E-state index contributed by atoms with van der Waals surface area (Å²) in [6.07, 6.45) is 10.6. The molecular formula is C23H36N3O3S+. The summed E-state index contributed by atoms with van der Waals surface area (Å²) in [7, 11) is -3.50. The van der Waals surface area contributed by atoms with Gasteiger partial charge >= 0.3 is 0 Å². The third kappa shape index (κ3) is 4.73. The fraction of sp³-hybridized carbons (Fsp3) is 0.696. The van der Waals surface area contributed by atoms with Gasteiger partial charge in [0.15, 0.2) is 6.54 Å². The third-order valence-corrected chi connectivity index (χ3v) is 9.22. The van der Waals surface area contributed by atoms with Crippen LogP contribution in [0, 0.1) is 12.8 Å². The molecule has 6 nitrogen and oxygen atoms in total. The lowest BCUT2D eigenvalue weighted by atomic mass is 9.78. The molecule has 0 radical (unpaired) electrons. The number of nitrogens with zero attached hydrogens (tertiary/aromatic N) is 1. The summed E-state index contributed by atoms with van der Waals surface area (Å²) in [5.41, 5.74) is 1.51. The molecule has 2 heterocycles. The molecule has 0 aromatic heterocycles. The number of nitrogens with one attached hydrogen (secondary N) is 2. The van der Waals surface area contributed by atoms with Crippen molar-refractivity contribution >= 4 is 21.6 Å². The Hall–Kier alpha value is -1.44. The summed E-state index contributed by atoms with van der Waals surface area (Å²) in [5, 5.41) is 3.03. The number of rotatable bonds is 5. The van der Waals surface area contributed by atoms with Crippen LogP contribution < -0.4 is 10.2 Å². The van der Waals surface area contributed by atoms with Crippen molar-refractivity contribution in [1.29, 1.82) is 0 Å². The summed E-state index contributed by atoms with van der Waals surface area (Å²) >= 11 is 0. The molecule has 2 aliphatic heterocycles. The monoisotopic (exact) mass is 434 g/mol. The van der Waals surface area contributed by atoms with Crippen molar-refractivity contribution in [1.82, 2.24) is 4.31 Å². The largest absolute Gasteiger partial charge is 0.324 e. The predicted octanol–water partition coefficient (Wildman–Crippen LogP) is 2.35. The molecule has 1 aliphatic carbocycles. The van der Waals surface area contributed by atoms with Gasteiger partial charge in [-0.05, 0) is 69.6 Å². The lowest BCUT2D eigenvalue weighted by molar-refractivity contribution is -0.928. The van der Waals surface area contributed by atoms with Crippen molar-refractivity contribution in [2.75, 3.05) is 31.5 Å². The fourth-order valence-electron chi connectivity index (χ4n) is 5.64. The number of likely N-dealkylation sites (tertiary alicyclic amines) is 1. The van der Waals surface area contributed by atoms with Crippen LogP contribution in [0.4, 0.5) is 5.69 Å². The van der Waals surface area contributed by atoms with Crippen LogP contribution in [0.5, 0.6) is 0 Å². The van der Waals surface area contributed by atoms with Gasteiger partial charge in [-0.2, -0.15) is 4.31 Å². The van der Waals surface area contributed by atoms with E-state index in [-0.39, 0.29) is 10.8 Å². The van der Waals surface area contributed by atoms with Gasteiger partial charge in [0.05, 0.1) is 17.5 Å². The summed E-state index contributed by atoms with van der Waals surface area (Å²) in [6.45, 7) is 4.62. The molecule has 1 amide bonds. The number of hydrogen-bond donors (Lipinski definition) is 2. The molecule has 1 unspecified atom stereocenters. The van der Waals surface area contributed by atoms with Crippen molar-refractivity contribution in [2.45, 2.75) is 75.6 Å². The Morgan fingerprint density at radius 1 is 1.07 bits per heavy atom. The van der Waals surface area contributed by atoms with Gasteiger partial charge in [0.2, 0.25) is 10.0 Å². The Balaban J connectivity index is 1.45. The number of fused-ring (bicyclic) bond motifs is 1. The zero-order valence-corrected chi connectivity index (χ0v) is 19.0. The lowest BCUT2D eigenvalue weighted by Crippen LogP contribution is -3.18. The van der Waals surface area contributed by atoms with Crippen molar-refractivity contribution in [3.8, 4) is 0 Å². The molecule has 7 heteroatoms. The molecule has 0 spiro atoms. The molecule has 166 valence electrons. The number of benzene rings is 1. The van der Waals surface area contributed by atoms with E-state index in [0.29, 0.717) is 31.4 Å². The first-order chi connectivity index (χ1) is 14.4. The van der Waals surface area contributed by atoms with E-state index < -0.39 is 10.0 Å². The number of sulfonamides is 1. The van der Waals surface area contributed by atoms with Crippen LogP contribution in [0.3, 0.4) is 0 Å². The molecule has 30 heavy (non-hydrogen) atoms. The number of anilines is 1. The molecule has 3 fully saturated rings. The van der Waals surface area contributed by atoms with Gasteiger partial charge < -0.3 is 10.2 Å². The van der Waals surface area contributed by atoms with Gasteiger partial charge in [-0.3, -0.25) is 4.79 Å². The van der Waals surface area contributed by atoms with E-state index in [4.69, 9.17) is 0 Å². The van der Waals surface area contributed by atoms with Gasteiger partial charge in [-0.15, -0.1) is 0 Å². The number of carbonyl (C=O) groups excluding carboxylic acids is 1. The van der Waals surface area contributed by atoms with Crippen LogP contribution in [0.15, 0.2) is 23.1 Å². The molecule has 4 rings (SSSR count). The van der Waals surface area contributed by atoms with Gasteiger partial charge in [-0.25, -0.2) is 8.42 Å². The smallest absolute Gasteiger partial charge is 0.279 e. The molecule has 2 saturated heterocycles. The van der Waals surface area contributed by atoms with Gasteiger partial charge in [0, 0.05) is 24.7 Å². The molecular weight excluding hydrogens is 398 g/mol. The van der Waals surface area contributed by atoms with Gasteiger partial charge in [-0.1, -0.05) is 18.9 Å². The highest BCUT2D eigenvalue weighted by Crippen LogP contribution is 2.28. The van der Waals surface area contributed by atoms with Crippen molar-refractivity contribution in [2.24, 2.45) is 5.92 Å². The number of piperidine rings is 2. The number of amides is 1. The average molecular weight is 435 g/mol. The lowest BCUT2D eigenvalue weighted by Gasteiger charge is -2.40. The summed E-state index contributed by atoms with van der Waals surface area (Å²) in [5.74, 6) is 0.766. The Morgan fingerprint density at radius 2 is 1.80 bits per heavy atom. The van der Waals surface area contributed by atoms with E-state index in [1.807, 2.05) is 6.92 Å². The third-order valence-electron chi connectivity index (χ3n) is 7.33. The normalized spacial score (nSPS) is 28.0. The molecule has 1 aromatic carbocycles. The SMILES string of the molecule is Cc1ccc(S(=O)(=O)N2CCCCC2)cc1NC(=O)C[NH+]1CCC[C@H]2CCCC[C@@H]21. The number of quaternary nitrogens is 1. The Kier molecular flexibility index (Phi) is 6.80. The van der Waals surface area contributed by atoms with Crippen LogP contribution in [-0.4, -0.2) is 50.9 Å². The highest BCUT2D eigenvalue weighted by molar-refractivity contribution is 7.89. The number of carbonyl (C=O) groups is 1. The maximum atomic E-state index is 13.0. The van der Waals surface area contributed by atoms with E-state index >= 15 is 0 Å². The van der Waals surface area contributed by atoms with E-state index in [9.17, 15) is 13.2 Å². The molecule has 1 saturated carbocycles. The highest BCUT2D eigenvalue weighted by atomic mass is 32.2. The summed E-state index contributed by atoms with van der Waals surface area (Å²) in [4.78, 5) is 14.6. The first-order valence-corrected chi connectivity index (χ1v) is 13.1. The first-order valence-electron chi connectivity index (χ1n) is 11.7. The van der Waals surface area contributed by atoms with E-state index in [1.54, 1.807) is 22.5 Å². The maximum Gasteiger partial charge on any atom is 0.279 e. The van der Waals surface area contributed by atoms with Gasteiger partial charge in [0.1, 0.15) is 0 Å². The van der Waals surface area contributed by atoms with E-state index in [1.165, 1.54) is 43.4 Å². The molecule has 2 N–H and O–H groups in total. The van der Waals surface area contributed by atoms with Crippen LogP contribution in [0.2, 0.25) is 0 Å². The van der Waals surface area contributed by atoms with Crippen molar-refractivity contribution in [3.63, 3.8) is 0 Å². The Morgan fingerprint density at radius 3 is 2.60 bits per heavy atom. The fourth-order valence-corrected chi connectivity index (χ4v) is 7.18.